The fraction of sp³-hybridized carbons (Fsp3) is 0.333. The first-order valence-electron chi connectivity index (χ1n) is 8.23. The number of nitrogens with zero attached hydrogens (tertiary/aromatic N) is 1. The lowest BCUT2D eigenvalue weighted by Gasteiger charge is -2.23. The highest BCUT2D eigenvalue weighted by atomic mass is 32.2. The zero-order valence-electron chi connectivity index (χ0n) is 14.6. The van der Waals surface area contributed by atoms with Gasteiger partial charge in [0.25, 0.3) is 0 Å². The monoisotopic (exact) mass is 380 g/mol. The number of hydrogen-bond acceptors (Lipinski definition) is 4. The summed E-state index contributed by atoms with van der Waals surface area (Å²) >= 11 is 0. The Balaban J connectivity index is 2.48. The molecular formula is C18H21FN2O4S. The number of nitro groups is 1. The average molecular weight is 380 g/mol. The van der Waals surface area contributed by atoms with E-state index < -0.39 is 32.8 Å². The van der Waals surface area contributed by atoms with Crippen molar-refractivity contribution in [2.75, 3.05) is 0 Å². The first-order chi connectivity index (χ1) is 12.3. The number of halogens is 1. The Kier molecular flexibility index (Phi) is 6.44. The van der Waals surface area contributed by atoms with Gasteiger partial charge in [-0.05, 0) is 31.5 Å². The fourth-order valence-electron chi connectivity index (χ4n) is 2.72. The van der Waals surface area contributed by atoms with Gasteiger partial charge in [-0.2, -0.15) is 4.72 Å². The van der Waals surface area contributed by atoms with E-state index in [2.05, 4.69) is 4.72 Å². The third-order valence-electron chi connectivity index (χ3n) is 4.09. The van der Waals surface area contributed by atoms with Gasteiger partial charge in [0, 0.05) is 16.9 Å². The first kappa shape index (κ1) is 20.0. The Morgan fingerprint density at radius 1 is 1.15 bits per heavy atom. The van der Waals surface area contributed by atoms with E-state index in [1.807, 2.05) is 6.92 Å². The highest BCUT2D eigenvalue weighted by molar-refractivity contribution is 7.89. The van der Waals surface area contributed by atoms with Crippen molar-refractivity contribution < 1.29 is 17.7 Å². The Bertz CT molecular complexity index is 869. The molecule has 0 fully saturated rings. The van der Waals surface area contributed by atoms with Crippen molar-refractivity contribution in [1.29, 1.82) is 0 Å². The molecule has 2 rings (SSSR count). The summed E-state index contributed by atoms with van der Waals surface area (Å²) in [6.07, 6.45) is 0.575. The lowest BCUT2D eigenvalue weighted by Crippen LogP contribution is -2.40. The molecule has 0 aliphatic heterocycles. The van der Waals surface area contributed by atoms with Gasteiger partial charge in [-0.15, -0.1) is 0 Å². The van der Waals surface area contributed by atoms with Crippen LogP contribution in [0.15, 0.2) is 53.4 Å². The zero-order valence-corrected chi connectivity index (χ0v) is 15.4. The molecule has 8 heteroatoms. The third-order valence-corrected chi connectivity index (χ3v) is 5.55. The molecule has 0 bridgehead atoms. The molecule has 2 aromatic rings. The maximum atomic E-state index is 14.3. The second-order valence-corrected chi connectivity index (χ2v) is 7.79. The van der Waals surface area contributed by atoms with Gasteiger partial charge in [-0.3, -0.25) is 10.1 Å². The van der Waals surface area contributed by atoms with E-state index in [9.17, 15) is 22.9 Å². The number of nitrogens with one attached hydrogen (secondary N) is 1. The highest BCUT2D eigenvalue weighted by Crippen LogP contribution is 2.27. The van der Waals surface area contributed by atoms with E-state index in [4.69, 9.17) is 0 Å². The van der Waals surface area contributed by atoms with Crippen LogP contribution in [-0.4, -0.2) is 19.4 Å². The molecule has 2 aromatic carbocycles. The molecule has 6 nitrogen and oxygen atoms in total. The number of benzene rings is 2. The standard InChI is InChI=1S/C18H21FN2O4S/c1-3-6-17(21(22)23)18(15-7-4-5-8-16(15)19)20-26(24,25)14-11-9-13(2)10-12-14/h4-5,7-12,17-18,20H,3,6H2,1-2H3/t17-,18-/m1/s1. The molecule has 0 radical (unpaired) electrons. The summed E-state index contributed by atoms with van der Waals surface area (Å²) < 4.78 is 42.0. The molecule has 0 spiro atoms. The van der Waals surface area contributed by atoms with Gasteiger partial charge < -0.3 is 0 Å². The number of aryl methyl sites for hydroxylation is 1. The SMILES string of the molecule is CCC[C@H]([C@H](NS(=O)(=O)c1ccc(C)cc1)c1ccccc1F)[N+](=O)[O-]. The first-order valence-corrected chi connectivity index (χ1v) is 9.71. The molecule has 26 heavy (non-hydrogen) atoms. The number of rotatable bonds is 8. The van der Waals surface area contributed by atoms with Crippen LogP contribution in [0.5, 0.6) is 0 Å². The molecule has 0 heterocycles. The van der Waals surface area contributed by atoms with Crippen molar-refractivity contribution in [3.05, 3.63) is 75.6 Å². The van der Waals surface area contributed by atoms with E-state index in [1.165, 1.54) is 30.3 Å². The predicted molar refractivity (Wildman–Crippen MR) is 96.3 cm³/mol. The fourth-order valence-corrected chi connectivity index (χ4v) is 3.97. The number of sulfonamides is 1. The average Bonchev–Trinajstić information content (AvgIpc) is 2.58. The molecular weight excluding hydrogens is 359 g/mol. The largest absolute Gasteiger partial charge is 0.264 e. The van der Waals surface area contributed by atoms with Crippen LogP contribution < -0.4 is 4.72 Å². The summed E-state index contributed by atoms with van der Waals surface area (Å²) in [4.78, 5) is 10.9. The summed E-state index contributed by atoms with van der Waals surface area (Å²) in [7, 11) is -4.06. The topological polar surface area (TPSA) is 89.3 Å². The third kappa shape index (κ3) is 4.64. The summed E-state index contributed by atoms with van der Waals surface area (Å²) in [6, 6.07) is 8.99. The molecule has 140 valence electrons. The van der Waals surface area contributed by atoms with Crippen LogP contribution in [0.1, 0.15) is 36.9 Å². The van der Waals surface area contributed by atoms with Gasteiger partial charge in [0.1, 0.15) is 11.9 Å². The molecule has 0 saturated heterocycles. The normalized spacial score (nSPS) is 14.0. The second kappa shape index (κ2) is 8.37. The van der Waals surface area contributed by atoms with Gasteiger partial charge in [-0.25, -0.2) is 12.8 Å². The Hall–Kier alpha value is -2.32. The van der Waals surface area contributed by atoms with E-state index in [0.29, 0.717) is 6.42 Å². The van der Waals surface area contributed by atoms with Gasteiger partial charge >= 0.3 is 0 Å². The molecule has 0 unspecified atom stereocenters. The minimum absolute atomic E-state index is 0.0250. The maximum absolute atomic E-state index is 14.3. The van der Waals surface area contributed by atoms with Crippen molar-refractivity contribution in [2.45, 2.75) is 43.7 Å². The van der Waals surface area contributed by atoms with Crippen LogP contribution in [0.3, 0.4) is 0 Å². The summed E-state index contributed by atoms with van der Waals surface area (Å²) in [5.41, 5.74) is 0.835. The van der Waals surface area contributed by atoms with Crippen molar-refractivity contribution in [3.8, 4) is 0 Å². The van der Waals surface area contributed by atoms with E-state index in [0.717, 1.165) is 11.6 Å². The van der Waals surface area contributed by atoms with Gasteiger partial charge in [0.15, 0.2) is 0 Å². The summed E-state index contributed by atoms with van der Waals surface area (Å²) in [5, 5.41) is 11.5. The van der Waals surface area contributed by atoms with E-state index in [1.54, 1.807) is 19.1 Å². The molecule has 0 aliphatic rings. The van der Waals surface area contributed by atoms with Crippen LogP contribution in [-0.2, 0) is 10.0 Å². The Morgan fingerprint density at radius 2 is 1.77 bits per heavy atom. The van der Waals surface area contributed by atoms with Crippen molar-refractivity contribution in [2.24, 2.45) is 0 Å². The van der Waals surface area contributed by atoms with Gasteiger partial charge in [-0.1, -0.05) is 42.8 Å². The molecule has 2 atom stereocenters. The van der Waals surface area contributed by atoms with Crippen LogP contribution in [0.4, 0.5) is 4.39 Å². The maximum Gasteiger partial charge on any atom is 0.241 e. The molecule has 0 amide bonds. The van der Waals surface area contributed by atoms with Crippen molar-refractivity contribution in [3.63, 3.8) is 0 Å². The Morgan fingerprint density at radius 3 is 2.31 bits per heavy atom. The van der Waals surface area contributed by atoms with E-state index >= 15 is 0 Å². The Labute approximate surface area is 152 Å². The minimum Gasteiger partial charge on any atom is -0.264 e. The zero-order chi connectivity index (χ0) is 19.3. The van der Waals surface area contributed by atoms with Crippen LogP contribution in [0.2, 0.25) is 0 Å². The van der Waals surface area contributed by atoms with E-state index in [-0.39, 0.29) is 16.9 Å². The van der Waals surface area contributed by atoms with Crippen molar-refractivity contribution >= 4 is 10.0 Å². The summed E-state index contributed by atoms with van der Waals surface area (Å²) in [5.74, 6) is -0.688. The highest BCUT2D eigenvalue weighted by Gasteiger charge is 2.37. The van der Waals surface area contributed by atoms with Gasteiger partial charge in [0.05, 0.1) is 4.90 Å². The quantitative estimate of drug-likeness (QED) is 0.560. The lowest BCUT2D eigenvalue weighted by atomic mass is 9.97. The molecule has 1 N–H and O–H groups in total. The second-order valence-electron chi connectivity index (χ2n) is 6.07. The summed E-state index contributed by atoms with van der Waals surface area (Å²) in [6.45, 7) is 3.57. The molecule has 0 aliphatic carbocycles. The predicted octanol–water partition coefficient (Wildman–Crippen LogP) is 3.60. The van der Waals surface area contributed by atoms with Crippen LogP contribution >= 0.6 is 0 Å². The molecule has 0 saturated carbocycles. The minimum atomic E-state index is -4.06. The smallest absolute Gasteiger partial charge is 0.241 e. The lowest BCUT2D eigenvalue weighted by molar-refractivity contribution is -0.528. The molecule has 0 aromatic heterocycles. The number of hydrogen-bond donors (Lipinski definition) is 1. The van der Waals surface area contributed by atoms with Crippen molar-refractivity contribution in [1.82, 2.24) is 4.72 Å². The van der Waals surface area contributed by atoms with Gasteiger partial charge in [0.2, 0.25) is 16.1 Å². The van der Waals surface area contributed by atoms with Crippen LogP contribution in [0.25, 0.3) is 0 Å². The van der Waals surface area contributed by atoms with Crippen LogP contribution in [0, 0.1) is 22.9 Å².